The second-order valence-electron chi connectivity index (χ2n) is 17.7. The summed E-state index contributed by atoms with van der Waals surface area (Å²) in [6, 6.07) is 0. The van der Waals surface area contributed by atoms with Crippen LogP contribution >= 0.6 is 0 Å². The van der Waals surface area contributed by atoms with E-state index in [1.54, 1.807) is 34.6 Å². The van der Waals surface area contributed by atoms with Crippen molar-refractivity contribution in [2.75, 3.05) is 6.61 Å². The Morgan fingerprint density at radius 2 is 1.58 bits per heavy atom. The van der Waals surface area contributed by atoms with Crippen molar-refractivity contribution in [3.63, 3.8) is 0 Å². The lowest BCUT2D eigenvalue weighted by molar-refractivity contribution is -0.311. The molecule has 3 saturated carbocycles. The van der Waals surface area contributed by atoms with Gasteiger partial charge in [-0.1, -0.05) is 32.4 Å². The van der Waals surface area contributed by atoms with Gasteiger partial charge in [-0.2, -0.15) is 0 Å². The van der Waals surface area contributed by atoms with Gasteiger partial charge in [-0.3, -0.25) is 9.59 Å². The van der Waals surface area contributed by atoms with Crippen molar-refractivity contribution in [1.82, 2.24) is 0 Å². The van der Waals surface area contributed by atoms with Crippen molar-refractivity contribution >= 4 is 11.6 Å². The monoisotopic (exact) mass is 680 g/mol. The second-order valence-corrected chi connectivity index (χ2v) is 17.7. The molecule has 6 rings (SSSR count). The Bertz CT molecular complexity index is 1350. The summed E-state index contributed by atoms with van der Waals surface area (Å²) in [6.45, 7) is 14.2. The van der Waals surface area contributed by atoms with Gasteiger partial charge >= 0.3 is 0 Å². The van der Waals surface area contributed by atoms with Crippen molar-refractivity contribution in [1.29, 1.82) is 0 Å². The maximum atomic E-state index is 14.8. The van der Waals surface area contributed by atoms with E-state index >= 15 is 0 Å². The minimum absolute atomic E-state index is 0.00552. The van der Waals surface area contributed by atoms with Crippen molar-refractivity contribution in [2.45, 2.75) is 154 Å². The first-order valence-electron chi connectivity index (χ1n) is 17.5. The number of carbonyl (C=O) groups excluding carboxylic acids is 2. The third-order valence-corrected chi connectivity index (χ3v) is 14.4. The van der Waals surface area contributed by atoms with Gasteiger partial charge in [0.05, 0.1) is 36.1 Å². The van der Waals surface area contributed by atoms with E-state index in [4.69, 9.17) is 14.2 Å². The summed E-state index contributed by atoms with van der Waals surface area (Å²) in [6.07, 6.45) is -7.80. The summed E-state index contributed by atoms with van der Waals surface area (Å²) in [5.41, 5.74) is -4.90. The number of carbonyl (C=O) groups is 2. The van der Waals surface area contributed by atoms with Gasteiger partial charge in [-0.25, -0.2) is 0 Å². The van der Waals surface area contributed by atoms with E-state index in [-0.39, 0.29) is 36.7 Å². The number of hydrogen-bond acceptors (Lipinski definition) is 12. The van der Waals surface area contributed by atoms with Crippen LogP contribution in [-0.4, -0.2) is 120 Å². The smallest absolute Gasteiger partial charge is 0.187 e. The number of ether oxygens (including phenoxy) is 3. The van der Waals surface area contributed by atoms with Gasteiger partial charge in [0.2, 0.25) is 0 Å². The molecule has 0 bridgehead atoms. The number of ketones is 2. The van der Waals surface area contributed by atoms with Crippen molar-refractivity contribution in [3.8, 4) is 0 Å². The summed E-state index contributed by atoms with van der Waals surface area (Å²) >= 11 is 0. The van der Waals surface area contributed by atoms with Gasteiger partial charge in [0.1, 0.15) is 36.3 Å². The third-order valence-electron chi connectivity index (χ3n) is 14.4. The van der Waals surface area contributed by atoms with Crippen LogP contribution in [0.3, 0.4) is 0 Å². The molecule has 16 atom stereocenters. The zero-order valence-electron chi connectivity index (χ0n) is 29.4. The molecular formula is C36H56O12. The minimum Gasteiger partial charge on any atom is -0.394 e. The van der Waals surface area contributed by atoms with Crippen LogP contribution in [0.25, 0.3) is 0 Å². The average molecular weight is 681 g/mol. The van der Waals surface area contributed by atoms with Gasteiger partial charge < -0.3 is 50.0 Å². The van der Waals surface area contributed by atoms with Crippen LogP contribution in [0, 0.1) is 39.4 Å². The third kappa shape index (κ3) is 4.77. The highest BCUT2D eigenvalue weighted by atomic mass is 16.7. The van der Waals surface area contributed by atoms with Crippen molar-refractivity contribution in [3.05, 3.63) is 11.6 Å². The fourth-order valence-electron chi connectivity index (χ4n) is 11.4. The van der Waals surface area contributed by atoms with Gasteiger partial charge in [-0.05, 0) is 76.5 Å². The first kappa shape index (κ1) is 36.5. The Balaban J connectivity index is 1.35. The zero-order chi connectivity index (χ0) is 35.7. The van der Waals surface area contributed by atoms with E-state index < -0.39 is 106 Å². The number of allylic oxidation sites excluding steroid dienone is 2. The van der Waals surface area contributed by atoms with Gasteiger partial charge in [0, 0.05) is 29.6 Å². The summed E-state index contributed by atoms with van der Waals surface area (Å²) in [5.74, 6) is -1.53. The second kappa shape index (κ2) is 11.3. The molecule has 6 aliphatic rings. The Morgan fingerprint density at radius 3 is 2.17 bits per heavy atom. The van der Waals surface area contributed by atoms with E-state index in [0.29, 0.717) is 12.8 Å². The van der Waals surface area contributed by atoms with Crippen LogP contribution in [0.1, 0.15) is 87.5 Å². The zero-order valence-corrected chi connectivity index (χ0v) is 29.4. The molecule has 4 aliphatic carbocycles. The molecule has 0 aromatic heterocycles. The lowest BCUT2D eigenvalue weighted by atomic mass is 9.38. The van der Waals surface area contributed by atoms with Crippen LogP contribution in [0.15, 0.2) is 11.6 Å². The largest absolute Gasteiger partial charge is 0.394 e. The molecule has 12 heteroatoms. The maximum Gasteiger partial charge on any atom is 0.187 e. The molecule has 0 aromatic rings. The molecule has 48 heavy (non-hydrogen) atoms. The average Bonchev–Trinajstić information content (AvgIpc) is 3.40. The number of aliphatic hydroxyl groups is 7. The van der Waals surface area contributed by atoms with Crippen LogP contribution in [0.2, 0.25) is 0 Å². The van der Waals surface area contributed by atoms with Gasteiger partial charge in [0.15, 0.2) is 12.1 Å². The van der Waals surface area contributed by atoms with Gasteiger partial charge in [-0.15, -0.1) is 0 Å². The fraction of sp³-hybridized carbons (Fsp3) is 0.889. The standard InChI is InChI=1S/C36H56O12/c1-31(2)16-9-10-21-33(5)13-18(38)28(36(8)22(39)12-24(48-36)32(3,4)45)34(33,6)14-23(40)35(21,7)17(16)11-19(29(31)44)46-30-27(43)26(42)25(41)20(15-37)47-30/h9,17-22,24-28,30,37-39,41-43,45H,10-15H2,1-8H3/t17-,18-,19+,20-,21+,22?,24?,25-,26+,27-,28+,30-,33+,34-,35+,36?/m1/s1. The molecule has 2 saturated heterocycles. The highest BCUT2D eigenvalue weighted by molar-refractivity contribution is 5.94. The Hall–Kier alpha value is -1.32. The molecule has 2 aliphatic heterocycles. The molecule has 0 spiro atoms. The van der Waals surface area contributed by atoms with Crippen LogP contribution < -0.4 is 0 Å². The van der Waals surface area contributed by atoms with E-state index in [1.807, 2.05) is 13.8 Å². The van der Waals surface area contributed by atoms with E-state index in [9.17, 15) is 45.3 Å². The summed E-state index contributed by atoms with van der Waals surface area (Å²) < 4.78 is 18.2. The molecule has 0 aromatic carbocycles. The van der Waals surface area contributed by atoms with E-state index in [0.717, 1.165) is 5.57 Å². The predicted octanol–water partition coefficient (Wildman–Crippen LogP) is 0.785. The molecular weight excluding hydrogens is 624 g/mol. The molecule has 0 amide bonds. The fourth-order valence-corrected chi connectivity index (χ4v) is 11.4. The number of fused-ring (bicyclic) bond motifs is 5. The Labute approximate surface area is 282 Å². The van der Waals surface area contributed by atoms with Crippen LogP contribution in [-0.2, 0) is 23.8 Å². The van der Waals surface area contributed by atoms with Crippen LogP contribution in [0.4, 0.5) is 0 Å². The number of rotatable bonds is 5. The minimum atomic E-state index is -1.68. The van der Waals surface area contributed by atoms with E-state index in [1.165, 1.54) is 0 Å². The molecule has 5 fully saturated rings. The van der Waals surface area contributed by atoms with Crippen LogP contribution in [0.5, 0.6) is 0 Å². The van der Waals surface area contributed by atoms with Crippen molar-refractivity contribution < 1.29 is 59.5 Å². The quantitative estimate of drug-likeness (QED) is 0.202. The summed E-state index contributed by atoms with van der Waals surface area (Å²) in [7, 11) is 0. The molecule has 7 N–H and O–H groups in total. The molecule has 0 radical (unpaired) electrons. The summed E-state index contributed by atoms with van der Waals surface area (Å²) in [5, 5.41) is 75.1. The number of aliphatic hydroxyl groups excluding tert-OH is 6. The number of Topliss-reactive ketones (excluding diaryl/α,β-unsaturated/α-hetero) is 2. The first-order chi connectivity index (χ1) is 22.0. The Kier molecular flexibility index (Phi) is 8.62. The molecule has 272 valence electrons. The molecule has 12 nitrogen and oxygen atoms in total. The highest BCUT2D eigenvalue weighted by Gasteiger charge is 2.76. The molecule has 2 heterocycles. The Morgan fingerprint density at radius 1 is 0.938 bits per heavy atom. The molecule has 3 unspecified atom stereocenters. The topological polar surface area (TPSA) is 203 Å². The summed E-state index contributed by atoms with van der Waals surface area (Å²) in [4.78, 5) is 28.8. The maximum absolute atomic E-state index is 14.8. The van der Waals surface area contributed by atoms with Gasteiger partial charge in [0.25, 0.3) is 0 Å². The normalized spacial score (nSPS) is 53.6. The first-order valence-corrected chi connectivity index (χ1v) is 17.5. The van der Waals surface area contributed by atoms with Crippen molar-refractivity contribution in [2.24, 2.45) is 39.4 Å². The highest BCUT2D eigenvalue weighted by Crippen LogP contribution is 2.75. The SMILES string of the molecule is CC1(C)C(=O)[C@@H](O[C@@H]2O[C@H](CO)[C@@H](O)[C@H](O)[C@H]2O)C[C@@H]2C1=CC[C@@H]1[C@@]2(C)C(=O)C[C@]2(C)[C@@H](C3(C)OC(C(C)(C)O)CC3O)[C@H](O)C[C@@]12C. The predicted molar refractivity (Wildman–Crippen MR) is 170 cm³/mol. The number of hydrogen-bond donors (Lipinski definition) is 7. The van der Waals surface area contributed by atoms with E-state index in [2.05, 4.69) is 13.0 Å². The lowest BCUT2D eigenvalue weighted by Gasteiger charge is -2.65. The lowest BCUT2D eigenvalue weighted by Crippen LogP contribution is -2.66.